The number of imidazole rings is 1. The summed E-state index contributed by atoms with van der Waals surface area (Å²) in [6.07, 6.45) is 7.91. The summed E-state index contributed by atoms with van der Waals surface area (Å²) in [6, 6.07) is 5.22. The normalized spacial score (nSPS) is 16.7. The monoisotopic (exact) mass is 369 g/mol. The minimum absolute atomic E-state index is 0.482. The SMILES string of the molecule is CN=C(NCc1ccc(-n2ccnc2C)nc1)NC1CCN(C(C)C)CC1. The second-order valence-electron chi connectivity index (χ2n) is 7.34. The van der Waals surface area contributed by atoms with E-state index in [1.807, 2.05) is 37.0 Å². The highest BCUT2D eigenvalue weighted by molar-refractivity contribution is 5.79. The van der Waals surface area contributed by atoms with E-state index in [-0.39, 0.29) is 0 Å². The number of piperidine rings is 1. The highest BCUT2D eigenvalue weighted by Gasteiger charge is 2.21. The number of likely N-dealkylation sites (tertiary alicyclic amines) is 1. The molecule has 0 saturated carbocycles. The second-order valence-corrected chi connectivity index (χ2v) is 7.34. The number of aliphatic imine (C=N–C) groups is 1. The van der Waals surface area contributed by atoms with E-state index in [0.717, 1.165) is 49.1 Å². The Morgan fingerprint density at radius 3 is 2.59 bits per heavy atom. The number of aryl methyl sites for hydroxylation is 1. The third-order valence-corrected chi connectivity index (χ3v) is 5.17. The lowest BCUT2D eigenvalue weighted by Gasteiger charge is -2.35. The van der Waals surface area contributed by atoms with Crippen molar-refractivity contribution in [3.05, 3.63) is 42.1 Å². The van der Waals surface area contributed by atoms with Crippen molar-refractivity contribution in [2.45, 2.75) is 52.2 Å². The molecule has 0 amide bonds. The van der Waals surface area contributed by atoms with Crippen molar-refractivity contribution in [2.75, 3.05) is 20.1 Å². The van der Waals surface area contributed by atoms with Crippen molar-refractivity contribution in [1.29, 1.82) is 0 Å². The first-order valence-corrected chi connectivity index (χ1v) is 9.73. The third kappa shape index (κ3) is 5.07. The van der Waals surface area contributed by atoms with Crippen molar-refractivity contribution < 1.29 is 0 Å². The fourth-order valence-corrected chi connectivity index (χ4v) is 3.42. The van der Waals surface area contributed by atoms with Gasteiger partial charge in [0.25, 0.3) is 0 Å². The van der Waals surface area contributed by atoms with Gasteiger partial charge in [-0.1, -0.05) is 6.07 Å². The van der Waals surface area contributed by atoms with Crippen molar-refractivity contribution in [3.8, 4) is 5.82 Å². The molecule has 0 aliphatic carbocycles. The molecule has 0 bridgehead atoms. The van der Waals surface area contributed by atoms with Gasteiger partial charge in [-0.3, -0.25) is 9.56 Å². The standard InChI is InChI=1S/C20H31N7/c1-15(2)26-10-7-18(8-11-26)25-20(21-4)24-14-17-5-6-19(23-13-17)27-12-9-22-16(27)3/h5-6,9,12-13,15,18H,7-8,10-11,14H2,1-4H3,(H2,21,24,25). The zero-order valence-corrected chi connectivity index (χ0v) is 16.8. The molecule has 2 aromatic rings. The minimum atomic E-state index is 0.482. The molecule has 27 heavy (non-hydrogen) atoms. The minimum Gasteiger partial charge on any atom is -0.354 e. The molecule has 1 saturated heterocycles. The smallest absolute Gasteiger partial charge is 0.191 e. The average molecular weight is 370 g/mol. The predicted molar refractivity (Wildman–Crippen MR) is 109 cm³/mol. The number of aromatic nitrogens is 3. The van der Waals surface area contributed by atoms with E-state index in [1.165, 1.54) is 0 Å². The van der Waals surface area contributed by atoms with Crippen LogP contribution in [0.1, 0.15) is 38.1 Å². The van der Waals surface area contributed by atoms with Gasteiger partial charge in [0.2, 0.25) is 0 Å². The van der Waals surface area contributed by atoms with E-state index in [4.69, 9.17) is 0 Å². The van der Waals surface area contributed by atoms with E-state index in [0.29, 0.717) is 18.6 Å². The first-order chi connectivity index (χ1) is 13.1. The summed E-state index contributed by atoms with van der Waals surface area (Å²) in [4.78, 5) is 15.7. The Labute approximate surface area is 161 Å². The molecule has 0 aromatic carbocycles. The van der Waals surface area contributed by atoms with E-state index >= 15 is 0 Å². The summed E-state index contributed by atoms with van der Waals surface area (Å²) in [5.41, 5.74) is 1.12. The molecule has 1 aliphatic heterocycles. The lowest BCUT2D eigenvalue weighted by atomic mass is 10.0. The summed E-state index contributed by atoms with van der Waals surface area (Å²) in [6.45, 7) is 9.49. The Morgan fingerprint density at radius 1 is 1.26 bits per heavy atom. The number of guanidine groups is 1. The van der Waals surface area contributed by atoms with E-state index in [2.05, 4.69) is 50.4 Å². The number of nitrogens with zero attached hydrogens (tertiary/aromatic N) is 5. The Hall–Kier alpha value is -2.41. The fraction of sp³-hybridized carbons (Fsp3) is 0.550. The molecular weight excluding hydrogens is 338 g/mol. The Bertz CT molecular complexity index is 740. The quantitative estimate of drug-likeness (QED) is 0.624. The summed E-state index contributed by atoms with van der Waals surface area (Å²) in [5, 5.41) is 6.95. The molecular formula is C20H31N7. The molecule has 0 spiro atoms. The Morgan fingerprint density at radius 2 is 2.04 bits per heavy atom. The summed E-state index contributed by atoms with van der Waals surface area (Å²) in [5.74, 6) is 2.67. The third-order valence-electron chi connectivity index (χ3n) is 5.17. The van der Waals surface area contributed by atoms with Gasteiger partial charge in [-0.05, 0) is 45.2 Å². The van der Waals surface area contributed by atoms with E-state index < -0.39 is 0 Å². The van der Waals surface area contributed by atoms with Gasteiger partial charge in [0.1, 0.15) is 11.6 Å². The molecule has 1 fully saturated rings. The Kier molecular flexibility index (Phi) is 6.45. The van der Waals surface area contributed by atoms with Crippen molar-refractivity contribution >= 4 is 5.96 Å². The molecule has 0 radical (unpaired) electrons. The summed E-state index contributed by atoms with van der Waals surface area (Å²) in [7, 11) is 1.82. The number of hydrogen-bond acceptors (Lipinski definition) is 4. The van der Waals surface area contributed by atoms with Gasteiger partial charge in [-0.15, -0.1) is 0 Å². The zero-order valence-electron chi connectivity index (χ0n) is 16.8. The van der Waals surface area contributed by atoms with Crippen molar-refractivity contribution in [1.82, 2.24) is 30.1 Å². The molecule has 0 unspecified atom stereocenters. The van der Waals surface area contributed by atoms with Crippen LogP contribution in [0.3, 0.4) is 0 Å². The van der Waals surface area contributed by atoms with Gasteiger partial charge in [-0.25, -0.2) is 9.97 Å². The topological polar surface area (TPSA) is 70.4 Å². The first-order valence-electron chi connectivity index (χ1n) is 9.73. The number of rotatable bonds is 5. The number of hydrogen-bond donors (Lipinski definition) is 2. The second kappa shape index (κ2) is 8.99. The van der Waals surface area contributed by atoms with Crippen LogP contribution in [0.25, 0.3) is 5.82 Å². The van der Waals surface area contributed by atoms with Crippen LogP contribution in [-0.2, 0) is 6.54 Å². The van der Waals surface area contributed by atoms with Gasteiger partial charge in [0.15, 0.2) is 5.96 Å². The molecule has 3 rings (SSSR count). The maximum Gasteiger partial charge on any atom is 0.191 e. The van der Waals surface area contributed by atoms with Crippen LogP contribution in [0.4, 0.5) is 0 Å². The predicted octanol–water partition coefficient (Wildman–Crippen LogP) is 2.11. The molecule has 7 nitrogen and oxygen atoms in total. The summed E-state index contributed by atoms with van der Waals surface area (Å²) < 4.78 is 1.97. The van der Waals surface area contributed by atoms with Gasteiger partial charge in [0.05, 0.1) is 0 Å². The van der Waals surface area contributed by atoms with Crippen LogP contribution in [0, 0.1) is 6.92 Å². The lowest BCUT2D eigenvalue weighted by molar-refractivity contribution is 0.167. The largest absolute Gasteiger partial charge is 0.354 e. The molecule has 7 heteroatoms. The van der Waals surface area contributed by atoms with Crippen molar-refractivity contribution in [2.24, 2.45) is 4.99 Å². The molecule has 0 atom stereocenters. The van der Waals surface area contributed by atoms with Gasteiger partial charge in [0, 0.05) is 57.4 Å². The van der Waals surface area contributed by atoms with Gasteiger partial charge < -0.3 is 15.5 Å². The first kappa shape index (κ1) is 19.4. The average Bonchev–Trinajstić information content (AvgIpc) is 3.12. The van der Waals surface area contributed by atoms with Gasteiger partial charge >= 0.3 is 0 Å². The van der Waals surface area contributed by atoms with E-state index in [1.54, 1.807) is 6.20 Å². The van der Waals surface area contributed by atoms with Crippen LogP contribution in [0.15, 0.2) is 35.7 Å². The van der Waals surface area contributed by atoms with Crippen LogP contribution in [-0.4, -0.2) is 57.6 Å². The highest BCUT2D eigenvalue weighted by Crippen LogP contribution is 2.13. The maximum absolute atomic E-state index is 4.54. The highest BCUT2D eigenvalue weighted by atomic mass is 15.2. The number of nitrogens with one attached hydrogen (secondary N) is 2. The summed E-state index contributed by atoms with van der Waals surface area (Å²) >= 11 is 0. The molecule has 2 aromatic heterocycles. The van der Waals surface area contributed by atoms with Crippen LogP contribution >= 0.6 is 0 Å². The van der Waals surface area contributed by atoms with Crippen LogP contribution in [0.5, 0.6) is 0 Å². The van der Waals surface area contributed by atoms with E-state index in [9.17, 15) is 0 Å². The van der Waals surface area contributed by atoms with Crippen molar-refractivity contribution in [3.63, 3.8) is 0 Å². The molecule has 3 heterocycles. The van der Waals surface area contributed by atoms with Crippen LogP contribution in [0.2, 0.25) is 0 Å². The van der Waals surface area contributed by atoms with Crippen LogP contribution < -0.4 is 10.6 Å². The zero-order chi connectivity index (χ0) is 19.2. The Balaban J connectivity index is 1.49. The fourth-order valence-electron chi connectivity index (χ4n) is 3.42. The number of pyridine rings is 1. The molecule has 1 aliphatic rings. The lowest BCUT2D eigenvalue weighted by Crippen LogP contribution is -2.49. The van der Waals surface area contributed by atoms with Gasteiger partial charge in [-0.2, -0.15) is 0 Å². The molecule has 146 valence electrons. The maximum atomic E-state index is 4.54. The molecule has 2 N–H and O–H groups in total.